The molecule has 2 aromatic heterocycles. The molecule has 21 heavy (non-hydrogen) atoms. The predicted octanol–water partition coefficient (Wildman–Crippen LogP) is 1.11. The number of aromatic nitrogens is 6. The van der Waals surface area contributed by atoms with E-state index in [1.54, 1.807) is 7.11 Å². The quantitative estimate of drug-likeness (QED) is 0.840. The lowest BCUT2D eigenvalue weighted by Crippen LogP contribution is -2.48. The van der Waals surface area contributed by atoms with Crippen LogP contribution in [-0.4, -0.2) is 55.5 Å². The van der Waals surface area contributed by atoms with Gasteiger partial charge in [-0.05, 0) is 31.4 Å². The van der Waals surface area contributed by atoms with Crippen LogP contribution in [-0.2, 0) is 4.74 Å². The molecule has 0 saturated carbocycles. The van der Waals surface area contributed by atoms with Gasteiger partial charge in [0.25, 0.3) is 5.95 Å². The van der Waals surface area contributed by atoms with Gasteiger partial charge >= 0.3 is 0 Å². The minimum absolute atomic E-state index is 0.134. The first-order valence-electron chi connectivity index (χ1n) is 6.66. The van der Waals surface area contributed by atoms with E-state index in [0.717, 1.165) is 19.4 Å². The van der Waals surface area contributed by atoms with E-state index in [4.69, 9.17) is 16.3 Å². The number of anilines is 1. The fourth-order valence-electron chi connectivity index (χ4n) is 2.43. The number of piperidine rings is 1. The zero-order valence-electron chi connectivity index (χ0n) is 11.9. The molecular weight excluding hydrogens is 294 g/mol. The zero-order chi connectivity index (χ0) is 14.9. The Balaban J connectivity index is 1.92. The maximum atomic E-state index is 6.01. The minimum Gasteiger partial charge on any atom is -0.377 e. The first kappa shape index (κ1) is 14.2. The molecule has 112 valence electrons. The summed E-state index contributed by atoms with van der Waals surface area (Å²) in [5.74, 6) is 0.885. The Morgan fingerprint density at radius 1 is 1.29 bits per heavy atom. The molecule has 0 amide bonds. The van der Waals surface area contributed by atoms with Crippen LogP contribution in [0.3, 0.4) is 0 Å². The molecule has 1 aliphatic heterocycles. The monoisotopic (exact) mass is 309 g/mol. The summed E-state index contributed by atoms with van der Waals surface area (Å²) in [6, 6.07) is 0. The Morgan fingerprint density at radius 2 is 2.10 bits per heavy atom. The van der Waals surface area contributed by atoms with Gasteiger partial charge in [0, 0.05) is 20.2 Å². The van der Waals surface area contributed by atoms with Crippen molar-refractivity contribution in [1.29, 1.82) is 0 Å². The molecule has 3 rings (SSSR count). The highest BCUT2D eigenvalue weighted by Crippen LogP contribution is 2.26. The van der Waals surface area contributed by atoms with Gasteiger partial charge in [0.1, 0.15) is 12.7 Å². The number of hydrogen-bond donors (Lipinski definition) is 0. The van der Waals surface area contributed by atoms with Crippen molar-refractivity contribution < 1.29 is 4.74 Å². The fourth-order valence-corrected chi connectivity index (χ4v) is 2.58. The molecule has 0 bridgehead atoms. The summed E-state index contributed by atoms with van der Waals surface area (Å²) in [6.07, 6.45) is 4.95. The molecule has 8 nitrogen and oxygen atoms in total. The molecule has 1 unspecified atom stereocenters. The van der Waals surface area contributed by atoms with Crippen LogP contribution in [0, 0.1) is 0 Å². The van der Waals surface area contributed by atoms with Crippen molar-refractivity contribution in [2.75, 3.05) is 25.1 Å². The molecule has 9 heteroatoms. The summed E-state index contributed by atoms with van der Waals surface area (Å²) < 4.78 is 7.04. The SMILES string of the molecule is COC1(C)CCCN(c2nc(Cl)nc(-n3cncn3)n2)C1. The van der Waals surface area contributed by atoms with Crippen LogP contribution >= 0.6 is 11.6 Å². The van der Waals surface area contributed by atoms with E-state index in [2.05, 4.69) is 36.9 Å². The van der Waals surface area contributed by atoms with Gasteiger partial charge in [0.2, 0.25) is 11.2 Å². The van der Waals surface area contributed by atoms with E-state index in [-0.39, 0.29) is 10.9 Å². The third kappa shape index (κ3) is 2.96. The largest absolute Gasteiger partial charge is 0.377 e. The van der Waals surface area contributed by atoms with Gasteiger partial charge in [-0.25, -0.2) is 4.98 Å². The lowest BCUT2D eigenvalue weighted by molar-refractivity contribution is -0.00499. The molecule has 1 atom stereocenters. The van der Waals surface area contributed by atoms with Gasteiger partial charge in [-0.3, -0.25) is 0 Å². The highest BCUT2D eigenvalue weighted by Gasteiger charge is 2.32. The molecule has 0 aliphatic carbocycles. The highest BCUT2D eigenvalue weighted by atomic mass is 35.5. The molecule has 0 N–H and O–H groups in total. The maximum Gasteiger partial charge on any atom is 0.258 e. The van der Waals surface area contributed by atoms with E-state index in [1.807, 2.05) is 0 Å². The summed E-state index contributed by atoms with van der Waals surface area (Å²) in [4.78, 5) is 18.7. The predicted molar refractivity (Wildman–Crippen MR) is 76.6 cm³/mol. The van der Waals surface area contributed by atoms with E-state index in [0.29, 0.717) is 18.4 Å². The van der Waals surface area contributed by atoms with Crippen LogP contribution in [0.2, 0.25) is 5.28 Å². The second-order valence-corrected chi connectivity index (χ2v) is 5.56. The summed E-state index contributed by atoms with van der Waals surface area (Å²) >= 11 is 6.01. The summed E-state index contributed by atoms with van der Waals surface area (Å²) in [7, 11) is 1.73. The van der Waals surface area contributed by atoms with Crippen LogP contribution < -0.4 is 4.90 Å². The summed E-state index contributed by atoms with van der Waals surface area (Å²) in [5.41, 5.74) is -0.204. The minimum atomic E-state index is -0.204. The number of rotatable bonds is 3. The molecule has 1 saturated heterocycles. The van der Waals surface area contributed by atoms with Gasteiger partial charge < -0.3 is 9.64 Å². The lowest BCUT2D eigenvalue weighted by Gasteiger charge is -2.39. The van der Waals surface area contributed by atoms with Gasteiger partial charge in [0.15, 0.2) is 0 Å². The first-order valence-corrected chi connectivity index (χ1v) is 7.04. The molecule has 1 aliphatic rings. The average molecular weight is 310 g/mol. The van der Waals surface area contributed by atoms with Crippen molar-refractivity contribution in [1.82, 2.24) is 29.7 Å². The van der Waals surface area contributed by atoms with Gasteiger partial charge in [-0.15, -0.1) is 0 Å². The Bertz CT molecular complexity index is 620. The molecular formula is C12H16ClN7O. The van der Waals surface area contributed by atoms with E-state index in [9.17, 15) is 0 Å². The number of methoxy groups -OCH3 is 1. The van der Waals surface area contributed by atoms with Crippen molar-refractivity contribution in [3.05, 3.63) is 17.9 Å². The van der Waals surface area contributed by atoms with Gasteiger partial charge in [-0.1, -0.05) is 0 Å². The normalized spacial score (nSPS) is 22.5. The number of hydrogen-bond acceptors (Lipinski definition) is 7. The number of nitrogens with zero attached hydrogens (tertiary/aromatic N) is 7. The summed E-state index contributed by atoms with van der Waals surface area (Å²) in [5, 5.41) is 4.14. The molecule has 0 radical (unpaired) electrons. The molecule has 1 fully saturated rings. The molecule has 2 aromatic rings. The fraction of sp³-hybridized carbons (Fsp3) is 0.583. The third-order valence-corrected chi connectivity index (χ3v) is 3.81. The van der Waals surface area contributed by atoms with E-state index in [1.165, 1.54) is 17.3 Å². The third-order valence-electron chi connectivity index (χ3n) is 3.64. The van der Waals surface area contributed by atoms with Crippen LogP contribution in [0.15, 0.2) is 12.7 Å². The van der Waals surface area contributed by atoms with Gasteiger partial charge in [0.05, 0.1) is 5.60 Å². The second kappa shape index (κ2) is 5.53. The van der Waals surface area contributed by atoms with Crippen LogP contribution in [0.5, 0.6) is 0 Å². The average Bonchev–Trinajstić information content (AvgIpc) is 3.01. The topological polar surface area (TPSA) is 81.9 Å². The zero-order valence-corrected chi connectivity index (χ0v) is 12.7. The van der Waals surface area contributed by atoms with E-state index < -0.39 is 0 Å². The van der Waals surface area contributed by atoms with Crippen LogP contribution in [0.1, 0.15) is 19.8 Å². The number of halogens is 1. The standard InChI is InChI=1S/C12H16ClN7O/c1-12(21-2)4-3-5-19(6-12)10-16-9(13)17-11(18-10)20-8-14-7-15-20/h7-8H,3-6H2,1-2H3. The first-order chi connectivity index (χ1) is 10.1. The lowest BCUT2D eigenvalue weighted by atomic mass is 9.95. The van der Waals surface area contributed by atoms with Crippen molar-refractivity contribution >= 4 is 17.5 Å². The van der Waals surface area contributed by atoms with E-state index >= 15 is 0 Å². The number of ether oxygens (including phenoxy) is 1. The Hall–Kier alpha value is -1.80. The Labute approximate surface area is 127 Å². The van der Waals surface area contributed by atoms with Crippen molar-refractivity contribution in [2.24, 2.45) is 0 Å². The Morgan fingerprint density at radius 3 is 2.81 bits per heavy atom. The molecule has 0 spiro atoms. The summed E-state index contributed by atoms with van der Waals surface area (Å²) in [6.45, 7) is 3.65. The van der Waals surface area contributed by atoms with Crippen LogP contribution in [0.25, 0.3) is 5.95 Å². The molecule has 0 aromatic carbocycles. The van der Waals surface area contributed by atoms with Gasteiger partial charge in [-0.2, -0.15) is 24.7 Å². The van der Waals surface area contributed by atoms with Crippen molar-refractivity contribution in [3.63, 3.8) is 0 Å². The second-order valence-electron chi connectivity index (χ2n) is 5.22. The van der Waals surface area contributed by atoms with Crippen molar-refractivity contribution in [3.8, 4) is 5.95 Å². The maximum absolute atomic E-state index is 6.01. The highest BCUT2D eigenvalue weighted by molar-refractivity contribution is 6.28. The Kier molecular flexibility index (Phi) is 3.73. The van der Waals surface area contributed by atoms with Crippen molar-refractivity contribution in [2.45, 2.75) is 25.4 Å². The smallest absolute Gasteiger partial charge is 0.258 e. The molecule has 3 heterocycles. The van der Waals surface area contributed by atoms with Crippen LogP contribution in [0.4, 0.5) is 5.95 Å².